The van der Waals surface area contributed by atoms with Gasteiger partial charge in [-0.15, -0.1) is 0 Å². The molecule has 0 fully saturated rings. The van der Waals surface area contributed by atoms with Crippen molar-refractivity contribution in [3.63, 3.8) is 0 Å². The zero-order chi connectivity index (χ0) is 23.3. The Balaban J connectivity index is 1.62. The molecule has 0 aliphatic heterocycles. The average Bonchev–Trinajstić information content (AvgIpc) is 3.08. The van der Waals surface area contributed by atoms with E-state index in [2.05, 4.69) is 5.16 Å². The Morgan fingerprint density at radius 3 is 2.50 bits per heavy atom. The minimum Gasteiger partial charge on any atom is -0.492 e. The third-order valence-electron chi connectivity index (χ3n) is 4.78. The second kappa shape index (κ2) is 9.86. The Hall–Kier alpha value is -3.33. The first-order valence-corrected chi connectivity index (χ1v) is 11.0. The van der Waals surface area contributed by atoms with Crippen LogP contribution in [0.5, 0.6) is 11.5 Å². The van der Waals surface area contributed by atoms with Crippen molar-refractivity contribution in [1.29, 1.82) is 0 Å². The topological polar surface area (TPSA) is 99.4 Å². The summed E-state index contributed by atoms with van der Waals surface area (Å²) < 4.78 is 19.0. The number of fused-ring (bicyclic) bond motifs is 1. The summed E-state index contributed by atoms with van der Waals surface area (Å²) in [7, 11) is 0. The van der Waals surface area contributed by atoms with Gasteiger partial charge in [-0.25, -0.2) is 4.79 Å². The van der Waals surface area contributed by atoms with Crippen molar-refractivity contribution in [3.05, 3.63) is 57.7 Å². The van der Waals surface area contributed by atoms with E-state index in [1.165, 1.54) is 0 Å². The molecule has 1 heterocycles. The maximum atomic E-state index is 12.4. The summed E-state index contributed by atoms with van der Waals surface area (Å²) in [6.07, 6.45) is 0. The molecule has 1 N–H and O–H groups in total. The summed E-state index contributed by atoms with van der Waals surface area (Å²) >= 11 is 1.14. The number of thiazole rings is 1. The van der Waals surface area contributed by atoms with Crippen LogP contribution < -0.4 is 14.3 Å². The molecule has 0 bridgehead atoms. The van der Waals surface area contributed by atoms with Gasteiger partial charge in [0.2, 0.25) is 0 Å². The molecule has 170 valence electrons. The lowest BCUT2D eigenvalue weighted by Crippen LogP contribution is -2.39. The zero-order valence-electron chi connectivity index (χ0n) is 18.5. The monoisotopic (exact) mass is 458 g/mol. The highest BCUT2D eigenvalue weighted by Gasteiger charge is 2.31. The minimum absolute atomic E-state index is 0.0794. The molecule has 0 saturated carbocycles. The number of carbonyl (C=O) groups excluding carboxylic acids is 1. The number of benzene rings is 2. The van der Waals surface area contributed by atoms with Crippen LogP contribution in [-0.2, 0) is 16.1 Å². The molecule has 1 aromatic heterocycles. The summed E-state index contributed by atoms with van der Waals surface area (Å²) in [5.74, 6) is 0.712. The fourth-order valence-electron chi connectivity index (χ4n) is 3.06. The van der Waals surface area contributed by atoms with Crippen molar-refractivity contribution in [1.82, 2.24) is 4.57 Å². The van der Waals surface area contributed by atoms with Crippen molar-refractivity contribution in [3.8, 4) is 11.5 Å². The second-order valence-electron chi connectivity index (χ2n) is 7.54. The second-order valence-corrected chi connectivity index (χ2v) is 8.53. The SMILES string of the molecule is CCOC(=O)C(C)(C)Oc1ccc(OCCn2c(=O)sc3cc(C(C)=NO)ccc32)cc1. The summed E-state index contributed by atoms with van der Waals surface area (Å²) in [6.45, 7) is 7.73. The molecule has 0 atom stereocenters. The van der Waals surface area contributed by atoms with Crippen molar-refractivity contribution < 1.29 is 24.2 Å². The number of carbonyl (C=O) groups is 1. The molecule has 2 aromatic carbocycles. The van der Waals surface area contributed by atoms with Gasteiger partial charge in [0.05, 0.1) is 29.1 Å². The third kappa shape index (κ3) is 5.28. The molecule has 0 saturated heterocycles. The minimum atomic E-state index is -1.10. The van der Waals surface area contributed by atoms with Crippen molar-refractivity contribution >= 4 is 33.2 Å². The first-order chi connectivity index (χ1) is 15.2. The number of esters is 1. The van der Waals surface area contributed by atoms with Gasteiger partial charge in [0.1, 0.15) is 18.1 Å². The Kier molecular flexibility index (Phi) is 7.19. The highest BCUT2D eigenvalue weighted by atomic mass is 32.1. The largest absolute Gasteiger partial charge is 0.492 e. The zero-order valence-corrected chi connectivity index (χ0v) is 19.3. The summed E-state index contributed by atoms with van der Waals surface area (Å²) in [5.41, 5.74) is 0.961. The van der Waals surface area contributed by atoms with Gasteiger partial charge in [0.15, 0.2) is 5.60 Å². The fourth-order valence-corrected chi connectivity index (χ4v) is 4.02. The number of hydrogen-bond acceptors (Lipinski definition) is 8. The normalized spacial score (nSPS) is 12.1. The molecule has 0 aliphatic carbocycles. The lowest BCUT2D eigenvalue weighted by Gasteiger charge is -2.24. The summed E-state index contributed by atoms with van der Waals surface area (Å²) in [4.78, 5) is 24.3. The van der Waals surface area contributed by atoms with E-state index in [-0.39, 0.29) is 4.87 Å². The van der Waals surface area contributed by atoms with E-state index in [9.17, 15) is 9.59 Å². The maximum absolute atomic E-state index is 12.4. The van der Waals surface area contributed by atoms with E-state index in [1.54, 1.807) is 56.5 Å². The lowest BCUT2D eigenvalue weighted by molar-refractivity contribution is -0.158. The quantitative estimate of drug-likeness (QED) is 0.225. The van der Waals surface area contributed by atoms with Gasteiger partial charge in [0.25, 0.3) is 0 Å². The smallest absolute Gasteiger partial charge is 0.349 e. The molecule has 0 spiro atoms. The van der Waals surface area contributed by atoms with Gasteiger partial charge in [-0.3, -0.25) is 9.36 Å². The predicted octanol–water partition coefficient (Wildman–Crippen LogP) is 4.06. The average molecular weight is 459 g/mol. The van der Waals surface area contributed by atoms with E-state index in [1.807, 2.05) is 18.2 Å². The molecule has 0 aliphatic rings. The van der Waals surface area contributed by atoms with Gasteiger partial charge >= 0.3 is 10.8 Å². The summed E-state index contributed by atoms with van der Waals surface area (Å²) in [5, 5.41) is 12.1. The lowest BCUT2D eigenvalue weighted by atomic mass is 10.1. The molecule has 32 heavy (non-hydrogen) atoms. The number of ether oxygens (including phenoxy) is 3. The van der Waals surface area contributed by atoms with Crippen molar-refractivity contribution in [2.75, 3.05) is 13.2 Å². The van der Waals surface area contributed by atoms with Crippen LogP contribution in [0.3, 0.4) is 0 Å². The van der Waals surface area contributed by atoms with E-state index in [4.69, 9.17) is 19.4 Å². The molecular formula is C23H26N2O6S. The Bertz CT molecular complexity index is 1180. The molecule has 8 nitrogen and oxygen atoms in total. The summed E-state index contributed by atoms with van der Waals surface area (Å²) in [6, 6.07) is 12.4. The van der Waals surface area contributed by atoms with Gasteiger partial charge < -0.3 is 19.4 Å². The van der Waals surface area contributed by atoms with Gasteiger partial charge in [0, 0.05) is 5.56 Å². The van der Waals surface area contributed by atoms with Gasteiger partial charge in [-0.05, 0) is 64.1 Å². The van der Waals surface area contributed by atoms with E-state index < -0.39 is 11.6 Å². The molecular weight excluding hydrogens is 432 g/mol. The highest BCUT2D eigenvalue weighted by molar-refractivity contribution is 7.16. The van der Waals surface area contributed by atoms with E-state index in [0.717, 1.165) is 27.1 Å². The van der Waals surface area contributed by atoms with Crippen LogP contribution in [0, 0.1) is 0 Å². The van der Waals surface area contributed by atoms with Crippen molar-refractivity contribution in [2.24, 2.45) is 5.16 Å². The highest BCUT2D eigenvalue weighted by Crippen LogP contribution is 2.23. The predicted molar refractivity (Wildman–Crippen MR) is 123 cm³/mol. The van der Waals surface area contributed by atoms with Crippen LogP contribution in [0.2, 0.25) is 0 Å². The van der Waals surface area contributed by atoms with Crippen LogP contribution >= 0.6 is 11.3 Å². The molecule has 3 aromatic rings. The van der Waals surface area contributed by atoms with Crippen LogP contribution in [0.1, 0.15) is 33.3 Å². The first kappa shape index (κ1) is 23.3. The third-order valence-corrected chi connectivity index (χ3v) is 5.73. The number of hydrogen-bond donors (Lipinski definition) is 1. The van der Waals surface area contributed by atoms with E-state index in [0.29, 0.717) is 37.0 Å². The number of nitrogens with zero attached hydrogens (tertiary/aromatic N) is 2. The Morgan fingerprint density at radius 1 is 1.16 bits per heavy atom. The van der Waals surface area contributed by atoms with E-state index >= 15 is 0 Å². The molecule has 9 heteroatoms. The first-order valence-electron chi connectivity index (χ1n) is 10.2. The fraction of sp³-hybridized carbons (Fsp3) is 0.348. The molecule has 3 rings (SSSR count). The number of rotatable bonds is 9. The van der Waals surface area contributed by atoms with Crippen LogP contribution in [0.25, 0.3) is 10.2 Å². The van der Waals surface area contributed by atoms with Crippen LogP contribution in [0.4, 0.5) is 0 Å². The van der Waals surface area contributed by atoms with Gasteiger partial charge in [-0.2, -0.15) is 0 Å². The maximum Gasteiger partial charge on any atom is 0.349 e. The molecule has 0 radical (unpaired) electrons. The van der Waals surface area contributed by atoms with Crippen LogP contribution in [0.15, 0.2) is 52.4 Å². The van der Waals surface area contributed by atoms with Crippen molar-refractivity contribution in [2.45, 2.75) is 39.8 Å². The van der Waals surface area contributed by atoms with Crippen LogP contribution in [-0.4, -0.2) is 40.3 Å². The Labute approximate surface area is 189 Å². The molecule has 0 amide bonds. The van der Waals surface area contributed by atoms with Gasteiger partial charge in [-0.1, -0.05) is 22.6 Å². The Morgan fingerprint density at radius 2 is 1.84 bits per heavy atom. The standard InChI is InChI=1S/C23H26N2O6S/c1-5-29-21(26)23(3,4)31-18-9-7-17(8-10-18)30-13-12-25-19-11-6-16(15(2)24-28)14-20(19)32-22(25)27/h6-11,14,28H,5,12-13H2,1-4H3. The molecule has 0 unspecified atom stereocenters. The number of aromatic nitrogens is 1. The number of oxime groups is 1.